The minimum Gasteiger partial charge on any atom is -0.381 e. The summed E-state index contributed by atoms with van der Waals surface area (Å²) in [6, 6.07) is 5.57. The highest BCUT2D eigenvalue weighted by Gasteiger charge is 2.01. The lowest BCUT2D eigenvalue weighted by Gasteiger charge is -2.08. The second-order valence-corrected chi connectivity index (χ2v) is 3.60. The number of hydrogen-bond acceptors (Lipinski definition) is 4. The lowest BCUT2D eigenvalue weighted by Crippen LogP contribution is -2.10. The average Bonchev–Trinajstić information content (AvgIpc) is 2.58. The largest absolute Gasteiger partial charge is 0.381 e. The molecule has 0 bridgehead atoms. The highest BCUT2D eigenvalue weighted by molar-refractivity contribution is 6.30. The Hall–Kier alpha value is -1.75. The van der Waals surface area contributed by atoms with Crippen molar-refractivity contribution in [3.8, 4) is 0 Å². The fourth-order valence-electron chi connectivity index (χ4n) is 1.17. The van der Waals surface area contributed by atoms with E-state index in [0.29, 0.717) is 10.8 Å². The van der Waals surface area contributed by atoms with Gasteiger partial charge in [0.2, 0.25) is 0 Å². The summed E-state index contributed by atoms with van der Waals surface area (Å²) in [5, 5.41) is 8.09. The zero-order chi connectivity index (χ0) is 10.8. The molecule has 15 heavy (non-hydrogen) atoms. The summed E-state index contributed by atoms with van der Waals surface area (Å²) >= 11 is 5.88. The molecule has 1 aromatic heterocycles. The van der Waals surface area contributed by atoms with E-state index < -0.39 is 0 Å². The molecule has 1 heterocycles. The smallest absolute Gasteiger partial charge is 0.168 e. The van der Waals surface area contributed by atoms with Crippen molar-refractivity contribution in [3.05, 3.63) is 35.0 Å². The Morgan fingerprint density at radius 1 is 1.47 bits per heavy atom. The van der Waals surface area contributed by atoms with Crippen LogP contribution in [0.2, 0.25) is 5.02 Å². The fourth-order valence-corrected chi connectivity index (χ4v) is 1.34. The van der Waals surface area contributed by atoms with Crippen molar-refractivity contribution in [1.29, 1.82) is 0 Å². The van der Waals surface area contributed by atoms with E-state index in [2.05, 4.69) is 15.7 Å². The van der Waals surface area contributed by atoms with Gasteiger partial charge in [-0.2, -0.15) is 4.79 Å². The van der Waals surface area contributed by atoms with Gasteiger partial charge in [-0.3, -0.25) is 5.43 Å². The topological polar surface area (TPSA) is 68.8 Å². The van der Waals surface area contributed by atoms with Gasteiger partial charge < -0.3 is 5.73 Å². The summed E-state index contributed by atoms with van der Waals surface area (Å²) in [5.74, 6) is 0.363. The number of aromatic nitrogens is 3. The Morgan fingerprint density at radius 3 is 2.93 bits per heavy atom. The highest BCUT2D eigenvalue weighted by atomic mass is 35.5. The predicted octanol–water partition coefficient (Wildman–Crippen LogP) is 1.70. The summed E-state index contributed by atoms with van der Waals surface area (Å²) < 4.78 is 0. The van der Waals surface area contributed by atoms with Crippen molar-refractivity contribution in [2.75, 3.05) is 11.2 Å². The second-order valence-electron chi connectivity index (χ2n) is 3.16. The van der Waals surface area contributed by atoms with Crippen LogP contribution in [0.5, 0.6) is 0 Å². The first-order valence-corrected chi connectivity index (χ1v) is 4.74. The molecular formula is C9H10ClN5. The van der Waals surface area contributed by atoms with Crippen molar-refractivity contribution in [1.82, 2.24) is 15.1 Å². The number of nitrogen functional groups attached to an aromatic ring is 1. The second kappa shape index (κ2) is 3.78. The van der Waals surface area contributed by atoms with Gasteiger partial charge in [-0.25, -0.2) is 0 Å². The van der Waals surface area contributed by atoms with Gasteiger partial charge in [0.15, 0.2) is 5.82 Å². The number of nitrogens with zero attached hydrogens (tertiary/aromatic N) is 3. The molecule has 0 amide bonds. The van der Waals surface area contributed by atoms with Gasteiger partial charge in [-0.05, 0) is 29.8 Å². The zero-order valence-corrected chi connectivity index (χ0v) is 8.86. The average molecular weight is 224 g/mol. The lowest BCUT2D eigenvalue weighted by atomic mass is 10.2. The van der Waals surface area contributed by atoms with Crippen LogP contribution in [-0.2, 0) is 0 Å². The highest BCUT2D eigenvalue weighted by Crippen LogP contribution is 2.19. The molecule has 6 heteroatoms. The molecule has 2 rings (SSSR count). The van der Waals surface area contributed by atoms with Crippen LogP contribution in [0.4, 0.5) is 11.5 Å². The number of anilines is 2. The number of benzene rings is 1. The Morgan fingerprint density at radius 2 is 2.27 bits per heavy atom. The van der Waals surface area contributed by atoms with E-state index in [4.69, 9.17) is 17.3 Å². The van der Waals surface area contributed by atoms with E-state index in [-0.39, 0.29) is 0 Å². The molecule has 0 aliphatic carbocycles. The summed E-state index contributed by atoms with van der Waals surface area (Å²) in [7, 11) is 0. The summed E-state index contributed by atoms with van der Waals surface area (Å²) in [4.78, 5) is 1.44. The molecule has 5 nitrogen and oxygen atoms in total. The number of nitrogens with two attached hydrogens (primary N) is 1. The SMILES string of the molecule is Cc1ccc(Cl)cc1Nn1cc(N)nn1. The Balaban J connectivity index is 2.27. The minimum absolute atomic E-state index is 0.363. The van der Waals surface area contributed by atoms with Crippen LogP contribution in [-0.4, -0.2) is 15.1 Å². The van der Waals surface area contributed by atoms with Crippen LogP contribution in [0.3, 0.4) is 0 Å². The van der Waals surface area contributed by atoms with Crippen molar-refractivity contribution < 1.29 is 0 Å². The molecule has 0 saturated heterocycles. The van der Waals surface area contributed by atoms with E-state index in [1.54, 1.807) is 6.20 Å². The Labute approximate surface area is 91.8 Å². The van der Waals surface area contributed by atoms with Crippen LogP contribution in [0.15, 0.2) is 24.4 Å². The third kappa shape index (κ3) is 2.19. The first-order chi connectivity index (χ1) is 7.15. The van der Waals surface area contributed by atoms with E-state index in [0.717, 1.165) is 11.3 Å². The van der Waals surface area contributed by atoms with E-state index in [9.17, 15) is 0 Å². The molecule has 0 fully saturated rings. The van der Waals surface area contributed by atoms with Gasteiger partial charge in [0.05, 0.1) is 11.9 Å². The van der Waals surface area contributed by atoms with E-state index in [1.807, 2.05) is 25.1 Å². The monoisotopic (exact) mass is 223 g/mol. The van der Waals surface area contributed by atoms with Crippen molar-refractivity contribution in [2.24, 2.45) is 0 Å². The molecule has 1 aromatic carbocycles. The van der Waals surface area contributed by atoms with Gasteiger partial charge >= 0.3 is 0 Å². The normalized spacial score (nSPS) is 10.3. The van der Waals surface area contributed by atoms with Gasteiger partial charge in [-0.1, -0.05) is 17.7 Å². The van der Waals surface area contributed by atoms with Crippen LogP contribution in [0.25, 0.3) is 0 Å². The number of aryl methyl sites for hydroxylation is 1. The van der Waals surface area contributed by atoms with Gasteiger partial charge in [0.1, 0.15) is 0 Å². The lowest BCUT2D eigenvalue weighted by molar-refractivity contribution is 0.744. The molecule has 0 aliphatic heterocycles. The number of hydrogen-bond donors (Lipinski definition) is 2. The Bertz CT molecular complexity index is 479. The zero-order valence-electron chi connectivity index (χ0n) is 8.11. The third-order valence-corrected chi connectivity index (χ3v) is 2.18. The van der Waals surface area contributed by atoms with E-state index in [1.165, 1.54) is 4.79 Å². The summed E-state index contributed by atoms with van der Waals surface area (Å²) in [6.07, 6.45) is 1.58. The van der Waals surface area contributed by atoms with Crippen LogP contribution in [0.1, 0.15) is 5.56 Å². The molecule has 0 aliphatic rings. The van der Waals surface area contributed by atoms with Crippen LogP contribution in [0, 0.1) is 6.92 Å². The standard InChI is InChI=1S/C9H10ClN5/c1-6-2-3-7(10)4-8(6)13-15-5-9(11)12-14-15/h2-5,13H,11H2,1H3. The fraction of sp³-hybridized carbons (Fsp3) is 0.111. The van der Waals surface area contributed by atoms with E-state index >= 15 is 0 Å². The Kier molecular flexibility index (Phi) is 2.47. The molecule has 0 radical (unpaired) electrons. The molecule has 0 unspecified atom stereocenters. The summed E-state index contributed by atoms with van der Waals surface area (Å²) in [5.41, 5.74) is 10.4. The molecule has 3 N–H and O–H groups in total. The summed E-state index contributed by atoms with van der Waals surface area (Å²) in [6.45, 7) is 1.97. The van der Waals surface area contributed by atoms with Crippen LogP contribution < -0.4 is 11.2 Å². The van der Waals surface area contributed by atoms with Crippen molar-refractivity contribution in [2.45, 2.75) is 6.92 Å². The maximum absolute atomic E-state index is 5.88. The van der Waals surface area contributed by atoms with Gasteiger partial charge in [0.25, 0.3) is 0 Å². The quantitative estimate of drug-likeness (QED) is 0.813. The molecular weight excluding hydrogens is 214 g/mol. The third-order valence-electron chi connectivity index (χ3n) is 1.95. The van der Waals surface area contributed by atoms with Crippen molar-refractivity contribution >= 4 is 23.1 Å². The number of rotatable bonds is 2. The molecule has 78 valence electrons. The molecule has 0 spiro atoms. The maximum atomic E-state index is 5.88. The van der Waals surface area contributed by atoms with Crippen molar-refractivity contribution in [3.63, 3.8) is 0 Å². The maximum Gasteiger partial charge on any atom is 0.168 e. The number of halogens is 1. The van der Waals surface area contributed by atoms with Gasteiger partial charge in [-0.15, -0.1) is 5.10 Å². The molecule has 2 aromatic rings. The first kappa shape index (κ1) is 9.79. The van der Waals surface area contributed by atoms with Gasteiger partial charge in [0, 0.05) is 5.02 Å². The number of nitrogens with one attached hydrogen (secondary N) is 1. The first-order valence-electron chi connectivity index (χ1n) is 4.36. The minimum atomic E-state index is 0.363. The molecule has 0 atom stereocenters. The molecule has 0 saturated carbocycles. The predicted molar refractivity (Wildman–Crippen MR) is 59.6 cm³/mol. The van der Waals surface area contributed by atoms with Crippen LogP contribution >= 0.6 is 11.6 Å².